The lowest BCUT2D eigenvalue weighted by Gasteiger charge is -2.35. The number of aromatic nitrogens is 5. The number of benzene rings is 3. The van der Waals surface area contributed by atoms with E-state index in [1.165, 1.54) is 12.3 Å². The van der Waals surface area contributed by atoms with Crippen LogP contribution >= 0.6 is 0 Å². The van der Waals surface area contributed by atoms with E-state index in [4.69, 9.17) is 10.1 Å². The molecule has 1 aliphatic rings. The number of H-pyrrole nitrogens is 1. The lowest BCUT2D eigenvalue weighted by atomic mass is 9.77. The molecule has 1 fully saturated rings. The van der Waals surface area contributed by atoms with Gasteiger partial charge in [-0.1, -0.05) is 97.1 Å². The predicted molar refractivity (Wildman–Crippen MR) is 175 cm³/mol. The van der Waals surface area contributed by atoms with Gasteiger partial charge in [-0.3, -0.25) is 9.78 Å². The highest BCUT2D eigenvalue weighted by Gasteiger charge is 2.48. The Morgan fingerprint density at radius 2 is 1.45 bits per heavy atom. The number of halogens is 2. The van der Waals surface area contributed by atoms with Crippen molar-refractivity contribution in [1.82, 2.24) is 30.0 Å². The molecule has 0 saturated heterocycles. The standard InChI is InChI=1S/C38H34F2N6O/c1-25-31(37(20-21-37)30-18-19-32(34(39)40)41-22-30)23-42-33(25)36(47)44-26(2)35-43-24-46(45-35)38(27-12-6-3-7-13-27,28-14-8-4-9-15-28)29-16-10-5-11-17-29/h3-19,22-24,26,34,42H,20-21H2,1-2H3,(H,44,47). The number of carbonyl (C=O) groups excluding carboxylic acids is 1. The van der Waals surface area contributed by atoms with Crippen LogP contribution in [-0.4, -0.2) is 30.6 Å². The van der Waals surface area contributed by atoms with E-state index in [9.17, 15) is 13.6 Å². The number of hydrogen-bond acceptors (Lipinski definition) is 4. The molecule has 0 spiro atoms. The Kier molecular flexibility index (Phi) is 7.75. The van der Waals surface area contributed by atoms with E-state index < -0.39 is 18.0 Å². The van der Waals surface area contributed by atoms with Crippen LogP contribution in [0.5, 0.6) is 0 Å². The van der Waals surface area contributed by atoms with Crippen molar-refractivity contribution in [3.63, 3.8) is 0 Å². The molecule has 3 aromatic heterocycles. The van der Waals surface area contributed by atoms with E-state index in [1.807, 2.05) is 79.3 Å². The maximum absolute atomic E-state index is 13.6. The lowest BCUT2D eigenvalue weighted by molar-refractivity contribution is 0.0933. The number of rotatable bonds is 10. The first-order valence-electron chi connectivity index (χ1n) is 15.7. The van der Waals surface area contributed by atoms with E-state index in [0.29, 0.717) is 11.5 Å². The number of amides is 1. The Morgan fingerprint density at radius 3 is 1.94 bits per heavy atom. The number of nitrogens with one attached hydrogen (secondary N) is 2. The molecule has 1 amide bonds. The molecule has 2 N–H and O–H groups in total. The average molecular weight is 629 g/mol. The van der Waals surface area contributed by atoms with Crippen molar-refractivity contribution in [2.45, 2.75) is 50.1 Å². The van der Waals surface area contributed by atoms with Gasteiger partial charge in [0.25, 0.3) is 12.3 Å². The Labute approximate surface area is 271 Å². The molecule has 7 rings (SSSR count). The fourth-order valence-electron chi connectivity index (χ4n) is 6.79. The normalized spacial score (nSPS) is 14.6. The molecule has 0 bridgehead atoms. The summed E-state index contributed by atoms with van der Waals surface area (Å²) >= 11 is 0. The molecular weight excluding hydrogens is 594 g/mol. The summed E-state index contributed by atoms with van der Waals surface area (Å²) < 4.78 is 28.1. The SMILES string of the molecule is Cc1c(C2(c3ccc(C(F)F)nc3)CC2)c[nH]c1C(=O)NC(C)c1ncn(C(c2ccccc2)(c2ccccc2)c2ccccc2)n1. The summed E-state index contributed by atoms with van der Waals surface area (Å²) in [6, 6.07) is 33.2. The van der Waals surface area contributed by atoms with Crippen LogP contribution in [0.1, 0.15) is 87.6 Å². The van der Waals surface area contributed by atoms with Crippen molar-refractivity contribution < 1.29 is 13.6 Å². The second-order valence-corrected chi connectivity index (χ2v) is 12.1. The number of hydrogen-bond donors (Lipinski definition) is 2. The Balaban J connectivity index is 1.19. The van der Waals surface area contributed by atoms with Crippen LogP contribution in [-0.2, 0) is 11.0 Å². The summed E-state index contributed by atoms with van der Waals surface area (Å²) in [6.45, 7) is 3.78. The first-order valence-corrected chi connectivity index (χ1v) is 15.7. The van der Waals surface area contributed by atoms with Gasteiger partial charge in [-0.15, -0.1) is 0 Å². The predicted octanol–water partition coefficient (Wildman–Crippen LogP) is 7.66. The van der Waals surface area contributed by atoms with Gasteiger partial charge in [0.05, 0.1) is 6.04 Å². The number of carbonyl (C=O) groups is 1. The summed E-state index contributed by atoms with van der Waals surface area (Å²) in [5.74, 6) is 0.193. The van der Waals surface area contributed by atoms with Crippen molar-refractivity contribution in [3.8, 4) is 0 Å². The second-order valence-electron chi connectivity index (χ2n) is 12.1. The van der Waals surface area contributed by atoms with Crippen LogP contribution in [0.15, 0.2) is 122 Å². The van der Waals surface area contributed by atoms with E-state index in [1.54, 1.807) is 12.4 Å². The van der Waals surface area contributed by atoms with Crippen molar-refractivity contribution in [2.75, 3.05) is 0 Å². The summed E-state index contributed by atoms with van der Waals surface area (Å²) in [5, 5.41) is 8.09. The molecule has 1 unspecified atom stereocenters. The van der Waals surface area contributed by atoms with Crippen LogP contribution in [0.2, 0.25) is 0 Å². The zero-order valence-electron chi connectivity index (χ0n) is 26.1. The summed E-state index contributed by atoms with van der Waals surface area (Å²) in [6.07, 6.45) is 4.21. The van der Waals surface area contributed by atoms with Crippen molar-refractivity contribution >= 4 is 5.91 Å². The molecule has 7 nitrogen and oxygen atoms in total. The molecule has 236 valence electrons. The molecule has 0 radical (unpaired) electrons. The Bertz CT molecular complexity index is 1890. The number of nitrogens with zero attached hydrogens (tertiary/aromatic N) is 4. The van der Waals surface area contributed by atoms with Gasteiger partial charge >= 0.3 is 0 Å². The number of aromatic amines is 1. The van der Waals surface area contributed by atoms with Crippen LogP contribution < -0.4 is 5.32 Å². The minimum Gasteiger partial charge on any atom is -0.357 e. The minimum absolute atomic E-state index is 0.242. The first kappa shape index (κ1) is 30.2. The first-order chi connectivity index (χ1) is 22.8. The van der Waals surface area contributed by atoms with Crippen molar-refractivity contribution in [3.05, 3.63) is 172 Å². The highest BCUT2D eigenvalue weighted by atomic mass is 19.3. The summed E-state index contributed by atoms with van der Waals surface area (Å²) in [5.41, 5.74) is 4.78. The smallest absolute Gasteiger partial charge is 0.280 e. The zero-order valence-corrected chi connectivity index (χ0v) is 26.1. The molecular formula is C38H34F2N6O. The van der Waals surface area contributed by atoms with E-state index in [-0.39, 0.29) is 17.0 Å². The molecule has 3 heterocycles. The monoisotopic (exact) mass is 628 g/mol. The third-order valence-corrected chi connectivity index (χ3v) is 9.36. The highest BCUT2D eigenvalue weighted by molar-refractivity contribution is 5.94. The van der Waals surface area contributed by atoms with Gasteiger partial charge < -0.3 is 10.3 Å². The highest BCUT2D eigenvalue weighted by Crippen LogP contribution is 2.54. The zero-order chi connectivity index (χ0) is 32.6. The van der Waals surface area contributed by atoms with Crippen LogP contribution in [0, 0.1) is 6.92 Å². The molecule has 1 atom stereocenters. The number of alkyl halides is 2. The third kappa shape index (κ3) is 5.21. The number of pyridine rings is 1. The van der Waals surface area contributed by atoms with Gasteiger partial charge in [0.2, 0.25) is 0 Å². The third-order valence-electron chi connectivity index (χ3n) is 9.36. The Morgan fingerprint density at radius 1 is 0.872 bits per heavy atom. The van der Waals surface area contributed by atoms with Gasteiger partial charge in [-0.05, 0) is 66.1 Å². The minimum atomic E-state index is -2.61. The molecule has 0 aliphatic heterocycles. The average Bonchev–Trinajstić information content (AvgIpc) is 3.57. The molecule has 9 heteroatoms. The molecule has 1 saturated carbocycles. The Hall–Kier alpha value is -5.44. The van der Waals surface area contributed by atoms with Crippen LogP contribution in [0.25, 0.3) is 0 Å². The lowest BCUT2D eigenvalue weighted by Crippen LogP contribution is -2.38. The summed E-state index contributed by atoms with van der Waals surface area (Å²) in [4.78, 5) is 25.5. The largest absolute Gasteiger partial charge is 0.357 e. The second kappa shape index (κ2) is 12.1. The fourth-order valence-corrected chi connectivity index (χ4v) is 6.79. The van der Waals surface area contributed by atoms with Gasteiger partial charge in [-0.2, -0.15) is 5.10 Å². The molecule has 47 heavy (non-hydrogen) atoms. The van der Waals surface area contributed by atoms with Crippen molar-refractivity contribution in [2.24, 2.45) is 0 Å². The maximum Gasteiger partial charge on any atom is 0.280 e. The molecule has 6 aromatic rings. The van der Waals surface area contributed by atoms with Gasteiger partial charge in [0, 0.05) is 17.8 Å². The van der Waals surface area contributed by atoms with Crippen molar-refractivity contribution in [1.29, 1.82) is 0 Å². The topological polar surface area (TPSA) is 88.5 Å². The van der Waals surface area contributed by atoms with Gasteiger partial charge in [-0.25, -0.2) is 18.4 Å². The maximum atomic E-state index is 13.6. The van der Waals surface area contributed by atoms with Gasteiger partial charge in [0.1, 0.15) is 23.3 Å². The molecule has 1 aliphatic carbocycles. The van der Waals surface area contributed by atoms with Gasteiger partial charge in [0.15, 0.2) is 5.82 Å². The quantitative estimate of drug-likeness (QED) is 0.153. The van der Waals surface area contributed by atoms with E-state index >= 15 is 0 Å². The summed E-state index contributed by atoms with van der Waals surface area (Å²) in [7, 11) is 0. The fraction of sp³-hybridized carbons (Fsp3) is 0.211. The van der Waals surface area contributed by atoms with Crippen LogP contribution in [0.4, 0.5) is 8.78 Å². The molecule has 3 aromatic carbocycles. The van der Waals surface area contributed by atoms with Crippen LogP contribution in [0.3, 0.4) is 0 Å². The van der Waals surface area contributed by atoms with E-state index in [0.717, 1.165) is 46.2 Å². The van der Waals surface area contributed by atoms with E-state index in [2.05, 4.69) is 51.7 Å².